The zero-order valence-electron chi connectivity index (χ0n) is 16.9. The second-order valence-corrected chi connectivity index (χ2v) is 9.22. The summed E-state index contributed by atoms with van der Waals surface area (Å²) in [6.45, 7) is 5.40. The van der Waals surface area contributed by atoms with Crippen LogP contribution in [0.5, 0.6) is 0 Å². The lowest BCUT2D eigenvalue weighted by atomic mass is 10.1. The topological polar surface area (TPSA) is 70.8 Å². The van der Waals surface area contributed by atoms with Gasteiger partial charge in [0.15, 0.2) is 5.76 Å². The number of amides is 1. The van der Waals surface area contributed by atoms with Gasteiger partial charge in [-0.25, -0.2) is 12.8 Å². The maximum atomic E-state index is 13.4. The maximum Gasteiger partial charge on any atom is 0.289 e. The minimum absolute atomic E-state index is 0.0213. The molecule has 2 heterocycles. The SMILES string of the molecule is CCCN(CCc1cccc(F)c1)C(=O)c1cc(S(=O)(=O)N2CCCC2)c(C)o1. The molecule has 1 amide bonds. The van der Waals surface area contributed by atoms with E-state index in [4.69, 9.17) is 4.42 Å². The van der Waals surface area contributed by atoms with Crippen molar-refractivity contribution in [3.63, 3.8) is 0 Å². The van der Waals surface area contributed by atoms with Crippen LogP contribution < -0.4 is 0 Å². The van der Waals surface area contributed by atoms with Crippen molar-refractivity contribution in [3.05, 3.63) is 53.2 Å². The summed E-state index contributed by atoms with van der Waals surface area (Å²) in [5.74, 6) is -0.418. The Bertz CT molecular complexity index is 965. The van der Waals surface area contributed by atoms with E-state index in [0.717, 1.165) is 24.8 Å². The van der Waals surface area contributed by atoms with E-state index in [1.54, 1.807) is 17.9 Å². The molecule has 0 unspecified atom stereocenters. The van der Waals surface area contributed by atoms with E-state index in [1.165, 1.54) is 22.5 Å². The van der Waals surface area contributed by atoms with Crippen molar-refractivity contribution in [3.8, 4) is 0 Å². The third-order valence-electron chi connectivity index (χ3n) is 5.11. The Balaban J connectivity index is 1.77. The Hall–Kier alpha value is -2.19. The predicted molar refractivity (Wildman–Crippen MR) is 108 cm³/mol. The van der Waals surface area contributed by atoms with Gasteiger partial charge >= 0.3 is 0 Å². The van der Waals surface area contributed by atoms with Gasteiger partial charge in [0.25, 0.3) is 5.91 Å². The average molecular weight is 423 g/mol. The Morgan fingerprint density at radius 3 is 2.59 bits per heavy atom. The number of nitrogens with zero attached hydrogens (tertiary/aromatic N) is 2. The number of furan rings is 1. The quantitative estimate of drug-likeness (QED) is 0.652. The number of rotatable bonds is 8. The van der Waals surface area contributed by atoms with Crippen molar-refractivity contribution in [2.75, 3.05) is 26.2 Å². The minimum Gasteiger partial charge on any atom is -0.455 e. The highest BCUT2D eigenvalue weighted by Gasteiger charge is 2.32. The van der Waals surface area contributed by atoms with Gasteiger partial charge in [-0.15, -0.1) is 0 Å². The van der Waals surface area contributed by atoms with Gasteiger partial charge in [0, 0.05) is 32.2 Å². The molecule has 0 spiro atoms. The molecule has 1 aliphatic heterocycles. The maximum absolute atomic E-state index is 13.4. The van der Waals surface area contributed by atoms with Crippen LogP contribution in [0.25, 0.3) is 0 Å². The average Bonchev–Trinajstić information content (AvgIpc) is 3.35. The Morgan fingerprint density at radius 1 is 1.21 bits per heavy atom. The molecule has 0 N–H and O–H groups in total. The van der Waals surface area contributed by atoms with Gasteiger partial charge in [0.05, 0.1) is 0 Å². The fourth-order valence-corrected chi connectivity index (χ4v) is 5.27. The van der Waals surface area contributed by atoms with Crippen LogP contribution in [0.3, 0.4) is 0 Å². The summed E-state index contributed by atoms with van der Waals surface area (Å²) in [5, 5.41) is 0. The summed E-state index contributed by atoms with van der Waals surface area (Å²) >= 11 is 0. The Morgan fingerprint density at radius 2 is 1.93 bits per heavy atom. The van der Waals surface area contributed by atoms with E-state index < -0.39 is 10.0 Å². The number of hydrogen-bond acceptors (Lipinski definition) is 4. The second kappa shape index (κ2) is 9.09. The van der Waals surface area contributed by atoms with Gasteiger partial charge in [0.2, 0.25) is 10.0 Å². The van der Waals surface area contributed by atoms with E-state index in [2.05, 4.69) is 0 Å². The molecule has 1 aromatic heterocycles. The number of carbonyl (C=O) groups excluding carboxylic acids is 1. The zero-order valence-corrected chi connectivity index (χ0v) is 17.7. The number of sulfonamides is 1. The molecule has 0 atom stereocenters. The molecular weight excluding hydrogens is 395 g/mol. The summed E-state index contributed by atoms with van der Waals surface area (Å²) in [6, 6.07) is 7.63. The molecule has 3 rings (SSSR count). The third-order valence-corrected chi connectivity index (χ3v) is 7.11. The largest absolute Gasteiger partial charge is 0.455 e. The van der Waals surface area contributed by atoms with Crippen LogP contribution in [-0.4, -0.2) is 49.7 Å². The summed E-state index contributed by atoms with van der Waals surface area (Å²) in [7, 11) is -3.65. The van der Waals surface area contributed by atoms with Crippen LogP contribution in [0.4, 0.5) is 4.39 Å². The molecule has 8 heteroatoms. The van der Waals surface area contributed by atoms with Crippen molar-refractivity contribution in [2.24, 2.45) is 0 Å². The van der Waals surface area contributed by atoms with Gasteiger partial charge in [-0.3, -0.25) is 4.79 Å². The number of carbonyl (C=O) groups is 1. The van der Waals surface area contributed by atoms with Gasteiger partial charge in [0.1, 0.15) is 16.5 Å². The molecule has 1 aromatic carbocycles. The molecular formula is C21H27FN2O4S. The van der Waals surface area contributed by atoms with Crippen LogP contribution >= 0.6 is 0 Å². The highest BCUT2D eigenvalue weighted by atomic mass is 32.2. The molecule has 0 saturated carbocycles. The first kappa shape index (κ1) is 21.5. The number of halogens is 1. The van der Waals surface area contributed by atoms with E-state index in [-0.39, 0.29) is 28.1 Å². The van der Waals surface area contributed by atoms with Gasteiger partial charge in [-0.2, -0.15) is 4.31 Å². The summed E-state index contributed by atoms with van der Waals surface area (Å²) < 4.78 is 46.1. The molecule has 158 valence electrons. The molecule has 0 aliphatic carbocycles. The zero-order chi connectivity index (χ0) is 21.0. The van der Waals surface area contributed by atoms with E-state index >= 15 is 0 Å². The summed E-state index contributed by atoms with van der Waals surface area (Å²) in [5.41, 5.74) is 0.798. The van der Waals surface area contributed by atoms with Crippen molar-refractivity contribution >= 4 is 15.9 Å². The van der Waals surface area contributed by atoms with Gasteiger partial charge in [-0.1, -0.05) is 19.1 Å². The number of benzene rings is 1. The van der Waals surface area contributed by atoms with Crippen molar-refractivity contribution in [2.45, 2.75) is 44.4 Å². The van der Waals surface area contributed by atoms with Crippen LogP contribution in [0.2, 0.25) is 0 Å². The monoisotopic (exact) mass is 422 g/mol. The lowest BCUT2D eigenvalue weighted by Gasteiger charge is -2.21. The Kier molecular flexibility index (Phi) is 6.74. The standard InChI is InChI=1S/C21H27FN2O4S/c1-3-10-23(13-9-17-7-6-8-18(22)14-17)21(25)19-15-20(16(2)28-19)29(26,27)24-11-4-5-12-24/h6-8,14-15H,3-5,9-13H2,1-2H3. The van der Waals surface area contributed by atoms with Crippen LogP contribution in [-0.2, 0) is 16.4 Å². The highest BCUT2D eigenvalue weighted by Crippen LogP contribution is 2.27. The summed E-state index contributed by atoms with van der Waals surface area (Å²) in [4.78, 5) is 14.7. The van der Waals surface area contributed by atoms with Crippen LogP contribution in [0.1, 0.15) is 48.1 Å². The minimum atomic E-state index is -3.65. The molecule has 1 fully saturated rings. The van der Waals surface area contributed by atoms with Gasteiger partial charge in [-0.05, 0) is 50.3 Å². The first-order chi connectivity index (χ1) is 13.8. The van der Waals surface area contributed by atoms with Crippen molar-refractivity contribution in [1.29, 1.82) is 0 Å². The first-order valence-electron chi connectivity index (χ1n) is 9.97. The first-order valence-corrected chi connectivity index (χ1v) is 11.4. The molecule has 6 nitrogen and oxygen atoms in total. The highest BCUT2D eigenvalue weighted by molar-refractivity contribution is 7.89. The number of hydrogen-bond donors (Lipinski definition) is 0. The normalized spacial score (nSPS) is 15.0. The fourth-order valence-electron chi connectivity index (χ4n) is 3.59. The molecule has 0 radical (unpaired) electrons. The van der Waals surface area contributed by atoms with Crippen LogP contribution in [0.15, 0.2) is 39.6 Å². The van der Waals surface area contributed by atoms with Gasteiger partial charge < -0.3 is 9.32 Å². The number of aryl methyl sites for hydroxylation is 1. The van der Waals surface area contributed by atoms with Crippen molar-refractivity contribution in [1.82, 2.24) is 9.21 Å². The van der Waals surface area contributed by atoms with E-state index in [9.17, 15) is 17.6 Å². The van der Waals surface area contributed by atoms with Crippen LogP contribution in [0, 0.1) is 12.7 Å². The predicted octanol–water partition coefficient (Wildman–Crippen LogP) is 3.61. The van der Waals surface area contributed by atoms with Crippen molar-refractivity contribution < 1.29 is 22.0 Å². The molecule has 29 heavy (non-hydrogen) atoms. The molecule has 0 bridgehead atoms. The lowest BCUT2D eigenvalue weighted by molar-refractivity contribution is 0.0724. The molecule has 2 aromatic rings. The molecule has 1 saturated heterocycles. The third kappa shape index (κ3) is 4.87. The smallest absolute Gasteiger partial charge is 0.289 e. The lowest BCUT2D eigenvalue weighted by Crippen LogP contribution is -2.33. The van der Waals surface area contributed by atoms with E-state index in [0.29, 0.717) is 32.6 Å². The van der Waals surface area contributed by atoms with E-state index in [1.807, 2.05) is 13.0 Å². The molecule has 1 aliphatic rings. The summed E-state index contributed by atoms with van der Waals surface area (Å²) in [6.07, 6.45) is 2.92. The fraction of sp³-hybridized carbons (Fsp3) is 0.476. The second-order valence-electron chi connectivity index (χ2n) is 7.31. The Labute approximate surface area is 171 Å².